The lowest BCUT2D eigenvalue weighted by atomic mass is 9.95. The number of carbonyl (C=O) groups excluding carboxylic acids is 2. The molecule has 0 radical (unpaired) electrons. The number of aliphatic hydroxyl groups is 1. The Morgan fingerprint density at radius 1 is 1.00 bits per heavy atom. The highest BCUT2D eigenvalue weighted by atomic mass is 16.5. The van der Waals surface area contributed by atoms with E-state index in [4.69, 9.17) is 9.47 Å². The van der Waals surface area contributed by atoms with Crippen LogP contribution in [0.2, 0.25) is 0 Å². The van der Waals surface area contributed by atoms with Gasteiger partial charge in [0, 0.05) is 25.7 Å². The first-order valence-electron chi connectivity index (χ1n) is 5.29. The van der Waals surface area contributed by atoms with Gasteiger partial charge in [0.1, 0.15) is 0 Å². The summed E-state index contributed by atoms with van der Waals surface area (Å²) in [7, 11) is 0. The fourth-order valence-corrected chi connectivity index (χ4v) is 1.26. The van der Waals surface area contributed by atoms with Crippen molar-refractivity contribution >= 4 is 11.9 Å². The maximum atomic E-state index is 10.6. The zero-order chi connectivity index (χ0) is 12.7. The maximum absolute atomic E-state index is 10.6. The molecular weight excluding hydrogens is 212 g/mol. The molecule has 0 aromatic rings. The van der Waals surface area contributed by atoms with E-state index in [9.17, 15) is 14.7 Å². The molecule has 94 valence electrons. The molecule has 0 saturated carbocycles. The van der Waals surface area contributed by atoms with Crippen molar-refractivity contribution in [3.63, 3.8) is 0 Å². The van der Waals surface area contributed by atoms with Crippen LogP contribution in [0.3, 0.4) is 0 Å². The Kier molecular flexibility index (Phi) is 6.72. The molecule has 1 unspecified atom stereocenters. The van der Waals surface area contributed by atoms with Crippen LogP contribution in [-0.4, -0.2) is 36.4 Å². The highest BCUT2D eigenvalue weighted by molar-refractivity contribution is 5.66. The molecule has 0 saturated heterocycles. The monoisotopic (exact) mass is 232 g/mol. The van der Waals surface area contributed by atoms with Crippen LogP contribution in [0.25, 0.3) is 0 Å². The quantitative estimate of drug-likeness (QED) is 0.684. The molecule has 0 amide bonds. The molecular formula is C11H20O5. The molecule has 0 fully saturated rings. The first-order valence-corrected chi connectivity index (χ1v) is 5.29. The second-order valence-electron chi connectivity index (χ2n) is 4.05. The summed E-state index contributed by atoms with van der Waals surface area (Å²) in [5, 5.41) is 9.83. The van der Waals surface area contributed by atoms with Gasteiger partial charge in [0.15, 0.2) is 0 Å². The van der Waals surface area contributed by atoms with E-state index in [1.165, 1.54) is 13.8 Å². The molecule has 0 rings (SSSR count). The molecule has 0 bridgehead atoms. The SMILES string of the molecule is CC(=O)OC[C@@H](C)C(O)[C@@H](C)COC(C)=O. The van der Waals surface area contributed by atoms with Crippen molar-refractivity contribution in [1.82, 2.24) is 0 Å². The second kappa shape index (κ2) is 7.22. The summed E-state index contributed by atoms with van der Waals surface area (Å²) in [6.07, 6.45) is -0.668. The topological polar surface area (TPSA) is 72.8 Å². The van der Waals surface area contributed by atoms with E-state index in [0.29, 0.717) is 0 Å². The van der Waals surface area contributed by atoms with Gasteiger partial charge in [-0.05, 0) is 0 Å². The van der Waals surface area contributed by atoms with Crippen molar-refractivity contribution < 1.29 is 24.2 Å². The molecule has 5 heteroatoms. The van der Waals surface area contributed by atoms with Gasteiger partial charge in [0.05, 0.1) is 19.3 Å². The Morgan fingerprint density at radius 2 is 1.31 bits per heavy atom. The minimum absolute atomic E-state index is 0.168. The zero-order valence-electron chi connectivity index (χ0n) is 10.2. The van der Waals surface area contributed by atoms with Crippen LogP contribution in [0.4, 0.5) is 0 Å². The van der Waals surface area contributed by atoms with Gasteiger partial charge in [-0.1, -0.05) is 13.8 Å². The average molecular weight is 232 g/mol. The molecule has 0 aliphatic carbocycles. The van der Waals surface area contributed by atoms with Crippen molar-refractivity contribution in [2.45, 2.75) is 33.8 Å². The third-order valence-electron chi connectivity index (χ3n) is 2.27. The minimum atomic E-state index is -0.668. The second-order valence-corrected chi connectivity index (χ2v) is 4.05. The van der Waals surface area contributed by atoms with Crippen LogP contribution in [-0.2, 0) is 19.1 Å². The molecule has 16 heavy (non-hydrogen) atoms. The van der Waals surface area contributed by atoms with Crippen molar-refractivity contribution in [3.05, 3.63) is 0 Å². The van der Waals surface area contributed by atoms with Gasteiger partial charge in [0.2, 0.25) is 0 Å². The summed E-state index contributed by atoms with van der Waals surface area (Å²) in [5.74, 6) is -1.11. The van der Waals surface area contributed by atoms with Gasteiger partial charge in [-0.2, -0.15) is 0 Å². The lowest BCUT2D eigenvalue weighted by Crippen LogP contribution is -2.32. The van der Waals surface area contributed by atoms with E-state index in [1.54, 1.807) is 13.8 Å². The van der Waals surface area contributed by atoms with Crippen LogP contribution in [0.15, 0.2) is 0 Å². The molecule has 1 N–H and O–H groups in total. The lowest BCUT2D eigenvalue weighted by Gasteiger charge is -2.24. The van der Waals surface area contributed by atoms with Crippen LogP contribution in [0.5, 0.6) is 0 Å². The predicted octanol–water partition coefficient (Wildman–Crippen LogP) is 0.746. The third-order valence-corrected chi connectivity index (χ3v) is 2.27. The van der Waals surface area contributed by atoms with Gasteiger partial charge in [-0.25, -0.2) is 0 Å². The lowest BCUT2D eigenvalue weighted by molar-refractivity contribution is -0.145. The number of hydrogen-bond donors (Lipinski definition) is 1. The molecule has 0 aromatic carbocycles. The number of aliphatic hydroxyl groups excluding tert-OH is 1. The Bertz CT molecular complexity index is 215. The highest BCUT2D eigenvalue weighted by Crippen LogP contribution is 2.14. The molecule has 0 aromatic heterocycles. The Hall–Kier alpha value is -1.10. The van der Waals surface area contributed by atoms with E-state index in [2.05, 4.69) is 0 Å². The summed E-state index contributed by atoms with van der Waals surface area (Å²) < 4.78 is 9.59. The van der Waals surface area contributed by atoms with Gasteiger partial charge in [-0.15, -0.1) is 0 Å². The van der Waals surface area contributed by atoms with E-state index in [1.807, 2.05) is 0 Å². The van der Waals surface area contributed by atoms with Crippen LogP contribution in [0, 0.1) is 11.8 Å². The fourth-order valence-electron chi connectivity index (χ4n) is 1.26. The summed E-state index contributed by atoms with van der Waals surface area (Å²) >= 11 is 0. The molecule has 0 spiro atoms. The Labute approximate surface area is 95.7 Å². The summed E-state index contributed by atoms with van der Waals surface area (Å²) in [4.78, 5) is 21.2. The van der Waals surface area contributed by atoms with E-state index in [-0.39, 0.29) is 37.0 Å². The Morgan fingerprint density at radius 3 is 1.56 bits per heavy atom. The number of ether oxygens (including phenoxy) is 2. The van der Waals surface area contributed by atoms with Gasteiger partial charge < -0.3 is 14.6 Å². The summed E-state index contributed by atoms with van der Waals surface area (Å²) in [6.45, 7) is 6.53. The number of hydrogen-bond acceptors (Lipinski definition) is 5. The predicted molar refractivity (Wildman–Crippen MR) is 57.6 cm³/mol. The first kappa shape index (κ1) is 14.9. The molecule has 0 aliphatic heterocycles. The molecule has 0 aliphatic rings. The van der Waals surface area contributed by atoms with Crippen molar-refractivity contribution in [2.24, 2.45) is 11.8 Å². The van der Waals surface area contributed by atoms with Crippen LogP contribution in [0.1, 0.15) is 27.7 Å². The van der Waals surface area contributed by atoms with Gasteiger partial charge >= 0.3 is 11.9 Å². The van der Waals surface area contributed by atoms with Crippen molar-refractivity contribution in [2.75, 3.05) is 13.2 Å². The number of esters is 2. The van der Waals surface area contributed by atoms with Crippen LogP contribution >= 0.6 is 0 Å². The Balaban J connectivity index is 3.95. The standard InChI is InChI=1S/C11H20O5/c1-7(5-15-9(3)12)11(14)8(2)6-16-10(4)13/h7-8,11,14H,5-6H2,1-4H3/t7-,8+,11?. The number of carbonyl (C=O) groups is 2. The van der Waals surface area contributed by atoms with Gasteiger partial charge in [-0.3, -0.25) is 9.59 Å². The first-order chi connectivity index (χ1) is 7.34. The zero-order valence-corrected chi connectivity index (χ0v) is 10.2. The van der Waals surface area contributed by atoms with Crippen molar-refractivity contribution in [1.29, 1.82) is 0 Å². The van der Waals surface area contributed by atoms with Gasteiger partial charge in [0.25, 0.3) is 0 Å². The van der Waals surface area contributed by atoms with E-state index >= 15 is 0 Å². The largest absolute Gasteiger partial charge is 0.465 e. The van der Waals surface area contributed by atoms with Crippen molar-refractivity contribution in [3.8, 4) is 0 Å². The molecule has 3 atom stereocenters. The average Bonchev–Trinajstić information content (AvgIpc) is 2.21. The minimum Gasteiger partial charge on any atom is -0.465 e. The van der Waals surface area contributed by atoms with E-state index < -0.39 is 6.10 Å². The normalized spacial score (nSPS) is 16.1. The maximum Gasteiger partial charge on any atom is 0.302 e. The fraction of sp³-hybridized carbons (Fsp3) is 0.818. The van der Waals surface area contributed by atoms with E-state index in [0.717, 1.165) is 0 Å². The summed E-state index contributed by atoms with van der Waals surface area (Å²) in [6, 6.07) is 0. The molecule has 5 nitrogen and oxygen atoms in total. The van der Waals surface area contributed by atoms with Crippen LogP contribution < -0.4 is 0 Å². The highest BCUT2D eigenvalue weighted by Gasteiger charge is 2.22. The number of rotatable bonds is 6. The molecule has 0 heterocycles. The third kappa shape index (κ3) is 6.40. The smallest absolute Gasteiger partial charge is 0.302 e. The summed E-state index contributed by atoms with van der Waals surface area (Å²) in [5.41, 5.74) is 0.